The maximum atomic E-state index is 12.4. The first-order chi connectivity index (χ1) is 15.6. The van der Waals surface area contributed by atoms with Crippen molar-refractivity contribution in [3.8, 4) is 0 Å². The summed E-state index contributed by atoms with van der Waals surface area (Å²) in [5, 5.41) is 11.7. The van der Waals surface area contributed by atoms with Crippen molar-refractivity contribution in [3.05, 3.63) is 66.2 Å². The molecule has 2 heterocycles. The van der Waals surface area contributed by atoms with Crippen LogP contribution in [0.3, 0.4) is 0 Å². The van der Waals surface area contributed by atoms with Gasteiger partial charge in [-0.05, 0) is 30.5 Å². The highest BCUT2D eigenvalue weighted by Gasteiger charge is 2.43. The first-order valence-electron chi connectivity index (χ1n) is 11.0. The van der Waals surface area contributed by atoms with E-state index in [0.29, 0.717) is 38.9 Å². The van der Waals surface area contributed by atoms with Crippen LogP contribution in [0.25, 0.3) is 0 Å². The van der Waals surface area contributed by atoms with Crippen LogP contribution in [-0.2, 0) is 16.1 Å². The summed E-state index contributed by atoms with van der Waals surface area (Å²) < 4.78 is 0. The quantitative estimate of drug-likeness (QED) is 0.533. The van der Waals surface area contributed by atoms with Gasteiger partial charge in [0.15, 0.2) is 0 Å². The minimum absolute atomic E-state index is 0.00147. The van der Waals surface area contributed by atoms with Crippen LogP contribution in [0.2, 0.25) is 0 Å². The molecule has 168 valence electrons. The molecule has 4 rings (SSSR count). The van der Waals surface area contributed by atoms with Gasteiger partial charge in [-0.2, -0.15) is 0 Å². The summed E-state index contributed by atoms with van der Waals surface area (Å²) in [6.07, 6.45) is 1.61. The molecule has 3 unspecified atom stereocenters. The lowest BCUT2D eigenvalue weighted by Crippen LogP contribution is -2.58. The molecule has 8 heteroatoms. The molecule has 3 atom stereocenters. The Morgan fingerprint density at radius 2 is 1.75 bits per heavy atom. The number of hydrogen-bond donors (Lipinski definition) is 4. The van der Waals surface area contributed by atoms with E-state index in [1.54, 1.807) is 0 Å². The Bertz CT molecular complexity index is 937. The van der Waals surface area contributed by atoms with Gasteiger partial charge in [-0.1, -0.05) is 48.5 Å². The van der Waals surface area contributed by atoms with E-state index < -0.39 is 0 Å². The molecule has 0 saturated carbocycles. The third-order valence-corrected chi connectivity index (χ3v) is 6.03. The number of hydrogen-bond acceptors (Lipinski definition) is 4. The lowest BCUT2D eigenvalue weighted by molar-refractivity contribution is -0.129. The average Bonchev–Trinajstić information content (AvgIpc) is 3.23. The highest BCUT2D eigenvalue weighted by Crippen LogP contribution is 2.26. The van der Waals surface area contributed by atoms with Crippen LogP contribution in [0.15, 0.2) is 60.7 Å². The summed E-state index contributed by atoms with van der Waals surface area (Å²) in [4.78, 5) is 39.2. The molecule has 2 fully saturated rings. The van der Waals surface area contributed by atoms with Crippen molar-refractivity contribution >= 4 is 23.5 Å². The molecule has 32 heavy (non-hydrogen) atoms. The molecule has 2 aromatic rings. The normalized spacial score (nSPS) is 22.5. The van der Waals surface area contributed by atoms with E-state index in [0.717, 1.165) is 11.3 Å². The summed E-state index contributed by atoms with van der Waals surface area (Å²) in [6.45, 7) is 1.62. The van der Waals surface area contributed by atoms with Crippen LogP contribution in [0.5, 0.6) is 0 Å². The second-order valence-electron chi connectivity index (χ2n) is 8.31. The molecule has 2 saturated heterocycles. The first kappa shape index (κ1) is 21.8. The number of carbonyl (C=O) groups excluding carboxylic acids is 3. The molecular formula is C24H29N5O3. The van der Waals surface area contributed by atoms with Crippen LogP contribution in [0, 0.1) is 0 Å². The maximum Gasteiger partial charge on any atom is 0.319 e. The average molecular weight is 436 g/mol. The fraction of sp³-hybridized carbons (Fsp3) is 0.375. The number of piperazine rings is 1. The smallest absolute Gasteiger partial charge is 0.319 e. The van der Waals surface area contributed by atoms with Gasteiger partial charge in [-0.15, -0.1) is 0 Å². The third-order valence-electron chi connectivity index (χ3n) is 6.03. The Labute approximate surface area is 187 Å². The molecule has 4 N–H and O–H groups in total. The minimum Gasteiger partial charge on any atom is -0.353 e. The highest BCUT2D eigenvalue weighted by atomic mass is 16.2. The second-order valence-corrected chi connectivity index (χ2v) is 8.31. The van der Waals surface area contributed by atoms with Gasteiger partial charge in [0.25, 0.3) is 0 Å². The van der Waals surface area contributed by atoms with Crippen LogP contribution < -0.4 is 21.3 Å². The molecule has 2 aromatic carbocycles. The fourth-order valence-electron chi connectivity index (χ4n) is 4.40. The van der Waals surface area contributed by atoms with Crippen molar-refractivity contribution in [1.29, 1.82) is 0 Å². The van der Waals surface area contributed by atoms with Gasteiger partial charge in [0.1, 0.15) is 0 Å². The molecule has 2 aliphatic rings. The highest BCUT2D eigenvalue weighted by molar-refractivity contribution is 5.89. The second kappa shape index (κ2) is 10.3. The molecular weight excluding hydrogens is 406 g/mol. The number of benzene rings is 2. The van der Waals surface area contributed by atoms with Crippen molar-refractivity contribution in [2.75, 3.05) is 18.4 Å². The fourth-order valence-corrected chi connectivity index (χ4v) is 4.40. The Morgan fingerprint density at radius 1 is 1.03 bits per heavy atom. The molecule has 0 aliphatic carbocycles. The summed E-state index contributed by atoms with van der Waals surface area (Å²) in [7, 11) is 0. The number of anilines is 1. The maximum absolute atomic E-state index is 12.4. The van der Waals surface area contributed by atoms with Crippen molar-refractivity contribution in [2.24, 2.45) is 0 Å². The number of carbonyl (C=O) groups is 3. The largest absolute Gasteiger partial charge is 0.353 e. The van der Waals surface area contributed by atoms with Gasteiger partial charge in [0, 0.05) is 43.8 Å². The van der Waals surface area contributed by atoms with Gasteiger partial charge < -0.3 is 21.3 Å². The van der Waals surface area contributed by atoms with Crippen LogP contribution in [0.4, 0.5) is 10.5 Å². The number of urea groups is 1. The number of amides is 4. The van der Waals surface area contributed by atoms with Crippen molar-refractivity contribution in [1.82, 2.24) is 20.9 Å². The summed E-state index contributed by atoms with van der Waals surface area (Å²) in [5.41, 5.74) is 1.78. The van der Waals surface area contributed by atoms with E-state index in [-0.39, 0.29) is 36.0 Å². The van der Waals surface area contributed by atoms with E-state index in [1.165, 1.54) is 0 Å². The predicted molar refractivity (Wildman–Crippen MR) is 122 cm³/mol. The lowest BCUT2D eigenvalue weighted by Gasteiger charge is -2.37. The van der Waals surface area contributed by atoms with Gasteiger partial charge in [0.05, 0.1) is 6.04 Å². The number of nitrogens with zero attached hydrogens (tertiary/aromatic N) is 1. The van der Waals surface area contributed by atoms with Gasteiger partial charge >= 0.3 is 6.03 Å². The van der Waals surface area contributed by atoms with E-state index in [9.17, 15) is 14.4 Å². The summed E-state index contributed by atoms with van der Waals surface area (Å²) >= 11 is 0. The third kappa shape index (κ3) is 5.64. The SMILES string of the molecule is O=C(CCC1CNC(=O)C2CC(NC(=O)Nc3ccccc3)CN12)NCc1ccccc1. The zero-order valence-corrected chi connectivity index (χ0v) is 17.9. The molecule has 0 bridgehead atoms. The van der Waals surface area contributed by atoms with Gasteiger partial charge in [-0.3, -0.25) is 14.5 Å². The predicted octanol–water partition coefficient (Wildman–Crippen LogP) is 1.85. The van der Waals surface area contributed by atoms with Crippen LogP contribution in [0.1, 0.15) is 24.8 Å². The monoisotopic (exact) mass is 435 g/mol. The molecule has 0 radical (unpaired) electrons. The summed E-state index contributed by atoms with van der Waals surface area (Å²) in [5.74, 6) is -0.0130. The molecule has 4 amide bonds. The minimum atomic E-state index is -0.279. The van der Waals surface area contributed by atoms with E-state index in [2.05, 4.69) is 26.2 Å². The number of para-hydroxylation sites is 1. The lowest BCUT2D eigenvalue weighted by atomic mass is 10.0. The van der Waals surface area contributed by atoms with Crippen molar-refractivity contribution in [2.45, 2.75) is 43.9 Å². The number of fused-ring (bicyclic) bond motifs is 1. The molecule has 0 spiro atoms. The molecule has 8 nitrogen and oxygen atoms in total. The molecule has 0 aromatic heterocycles. The Hall–Kier alpha value is -3.39. The Kier molecular flexibility index (Phi) is 7.01. The molecule has 2 aliphatic heterocycles. The van der Waals surface area contributed by atoms with Crippen LogP contribution in [-0.4, -0.2) is 54.0 Å². The van der Waals surface area contributed by atoms with Crippen LogP contribution >= 0.6 is 0 Å². The zero-order chi connectivity index (χ0) is 22.3. The van der Waals surface area contributed by atoms with E-state index >= 15 is 0 Å². The summed E-state index contributed by atoms with van der Waals surface area (Å²) in [6, 6.07) is 18.4. The zero-order valence-electron chi connectivity index (χ0n) is 17.9. The number of nitrogens with one attached hydrogen (secondary N) is 4. The Balaban J connectivity index is 1.26. The topological polar surface area (TPSA) is 103 Å². The van der Waals surface area contributed by atoms with Gasteiger partial charge in [0.2, 0.25) is 11.8 Å². The standard InChI is InChI=1S/C24H29N5O3/c30-22(25-14-17-7-3-1-4-8-17)12-11-20-15-26-23(31)21-13-19(16-29(20)21)28-24(32)27-18-9-5-2-6-10-18/h1-10,19-21H,11-16H2,(H,25,30)(H,26,31)(H2,27,28,32). The first-order valence-corrected chi connectivity index (χ1v) is 11.0. The Morgan fingerprint density at radius 3 is 2.50 bits per heavy atom. The van der Waals surface area contributed by atoms with E-state index in [4.69, 9.17) is 0 Å². The number of rotatable bonds is 7. The van der Waals surface area contributed by atoms with Gasteiger partial charge in [-0.25, -0.2) is 4.79 Å². The van der Waals surface area contributed by atoms with Crippen molar-refractivity contribution < 1.29 is 14.4 Å². The van der Waals surface area contributed by atoms with E-state index in [1.807, 2.05) is 60.7 Å². The van der Waals surface area contributed by atoms with Crippen molar-refractivity contribution in [3.63, 3.8) is 0 Å².